The number of carbonyl (C=O) groups is 1. The summed E-state index contributed by atoms with van der Waals surface area (Å²) < 4.78 is 41.9. The van der Waals surface area contributed by atoms with Crippen molar-refractivity contribution in [1.82, 2.24) is 14.8 Å². The van der Waals surface area contributed by atoms with Gasteiger partial charge in [0, 0.05) is 36.3 Å². The number of carbonyl (C=O) groups excluding carboxylic acids is 1. The van der Waals surface area contributed by atoms with Gasteiger partial charge in [-0.15, -0.1) is 0 Å². The lowest BCUT2D eigenvalue weighted by Crippen LogP contribution is -2.29. The molecule has 0 bridgehead atoms. The van der Waals surface area contributed by atoms with Gasteiger partial charge in [0.15, 0.2) is 5.75 Å². The predicted octanol–water partition coefficient (Wildman–Crippen LogP) is 3.32. The number of sulfonamides is 1. The number of nitrogens with one attached hydrogen (secondary N) is 1. The topological polar surface area (TPSA) is 103 Å². The molecule has 180 valence electrons. The SMILES string of the molecule is CC(CCS(=O)(=O)Nc1c2c(c(O)c3ncccc13)C(=O)N(Cc1ccc(F)cc1)C2)N(C)C. The number of aromatic nitrogens is 1. The van der Waals surface area contributed by atoms with Crippen LogP contribution in [0.2, 0.25) is 0 Å². The summed E-state index contributed by atoms with van der Waals surface area (Å²) in [5.41, 5.74) is 1.55. The van der Waals surface area contributed by atoms with Gasteiger partial charge in [-0.25, -0.2) is 12.8 Å². The number of phenols is 1. The zero-order valence-electron chi connectivity index (χ0n) is 19.2. The average molecular weight is 487 g/mol. The van der Waals surface area contributed by atoms with Gasteiger partial charge in [-0.2, -0.15) is 0 Å². The minimum atomic E-state index is -3.75. The van der Waals surface area contributed by atoms with Crippen LogP contribution >= 0.6 is 0 Å². The smallest absolute Gasteiger partial charge is 0.258 e. The van der Waals surface area contributed by atoms with Crippen LogP contribution in [0, 0.1) is 5.82 Å². The number of nitrogens with zero attached hydrogens (tertiary/aromatic N) is 3. The average Bonchev–Trinajstić information content (AvgIpc) is 3.12. The second kappa shape index (κ2) is 9.19. The molecule has 10 heteroatoms. The van der Waals surface area contributed by atoms with Gasteiger partial charge in [-0.3, -0.25) is 14.5 Å². The molecular weight excluding hydrogens is 459 g/mol. The maximum Gasteiger partial charge on any atom is 0.258 e. The highest BCUT2D eigenvalue weighted by molar-refractivity contribution is 7.92. The van der Waals surface area contributed by atoms with E-state index in [1.165, 1.54) is 23.2 Å². The first-order valence-electron chi connectivity index (χ1n) is 10.9. The Morgan fingerprint density at radius 2 is 1.94 bits per heavy atom. The highest BCUT2D eigenvalue weighted by atomic mass is 32.2. The lowest BCUT2D eigenvalue weighted by Gasteiger charge is -2.20. The van der Waals surface area contributed by atoms with Crippen LogP contribution in [-0.2, 0) is 23.1 Å². The molecule has 0 radical (unpaired) electrons. The summed E-state index contributed by atoms with van der Waals surface area (Å²) in [6.45, 7) is 2.22. The van der Waals surface area contributed by atoms with Gasteiger partial charge >= 0.3 is 0 Å². The number of pyridine rings is 1. The normalized spacial score (nSPS) is 14.6. The van der Waals surface area contributed by atoms with Crippen molar-refractivity contribution in [3.05, 3.63) is 65.1 Å². The molecule has 8 nitrogen and oxygen atoms in total. The summed E-state index contributed by atoms with van der Waals surface area (Å²) in [5, 5.41) is 11.3. The van der Waals surface area contributed by atoms with Crippen LogP contribution < -0.4 is 4.72 Å². The fourth-order valence-electron chi connectivity index (χ4n) is 4.00. The Balaban J connectivity index is 1.72. The van der Waals surface area contributed by atoms with Gasteiger partial charge in [0.05, 0.1) is 17.0 Å². The van der Waals surface area contributed by atoms with Crippen LogP contribution in [0.3, 0.4) is 0 Å². The fraction of sp³-hybridized carbons (Fsp3) is 0.333. The summed E-state index contributed by atoms with van der Waals surface area (Å²) in [6, 6.07) is 9.16. The molecule has 1 aromatic heterocycles. The fourth-order valence-corrected chi connectivity index (χ4v) is 5.30. The van der Waals surface area contributed by atoms with Gasteiger partial charge in [-0.1, -0.05) is 12.1 Å². The molecule has 34 heavy (non-hydrogen) atoms. The van der Waals surface area contributed by atoms with E-state index in [-0.39, 0.29) is 53.2 Å². The lowest BCUT2D eigenvalue weighted by atomic mass is 10.0. The minimum absolute atomic E-state index is 0.0349. The van der Waals surface area contributed by atoms with Crippen molar-refractivity contribution in [2.75, 3.05) is 24.6 Å². The van der Waals surface area contributed by atoms with E-state index in [2.05, 4.69) is 9.71 Å². The maximum absolute atomic E-state index is 13.3. The first-order chi connectivity index (χ1) is 16.1. The second-order valence-electron chi connectivity index (χ2n) is 8.79. The van der Waals surface area contributed by atoms with Crippen LogP contribution in [0.4, 0.5) is 10.1 Å². The van der Waals surface area contributed by atoms with Gasteiger partial charge in [0.1, 0.15) is 11.3 Å². The third-order valence-corrected chi connectivity index (χ3v) is 7.51. The number of amides is 1. The number of rotatable bonds is 8. The van der Waals surface area contributed by atoms with Crippen molar-refractivity contribution < 1.29 is 22.7 Å². The Morgan fingerprint density at radius 1 is 1.24 bits per heavy atom. The summed E-state index contributed by atoms with van der Waals surface area (Å²) in [5.74, 6) is -1.20. The molecule has 0 fully saturated rings. The molecule has 4 rings (SSSR count). The molecular formula is C24H27FN4O4S. The van der Waals surface area contributed by atoms with E-state index in [1.807, 2.05) is 25.9 Å². The van der Waals surface area contributed by atoms with E-state index >= 15 is 0 Å². The number of hydrogen-bond donors (Lipinski definition) is 2. The van der Waals surface area contributed by atoms with E-state index in [9.17, 15) is 22.7 Å². The van der Waals surface area contributed by atoms with Crippen molar-refractivity contribution >= 4 is 32.5 Å². The van der Waals surface area contributed by atoms with Gasteiger partial charge < -0.3 is 14.9 Å². The summed E-state index contributed by atoms with van der Waals surface area (Å²) in [6.07, 6.45) is 1.90. The molecule has 1 aliphatic heterocycles. The number of benzene rings is 2. The van der Waals surface area contributed by atoms with Crippen LogP contribution in [0.25, 0.3) is 10.9 Å². The lowest BCUT2D eigenvalue weighted by molar-refractivity contribution is 0.0764. The molecule has 1 unspecified atom stereocenters. The zero-order chi connectivity index (χ0) is 24.6. The van der Waals surface area contributed by atoms with Crippen LogP contribution in [-0.4, -0.2) is 60.1 Å². The quantitative estimate of drug-likeness (QED) is 0.474. The molecule has 2 aromatic carbocycles. The van der Waals surface area contributed by atoms with Crippen molar-refractivity contribution in [3.8, 4) is 5.75 Å². The van der Waals surface area contributed by atoms with E-state index in [0.29, 0.717) is 22.9 Å². The Labute approximate surface area is 198 Å². The highest BCUT2D eigenvalue weighted by Gasteiger charge is 2.36. The van der Waals surface area contributed by atoms with Crippen molar-refractivity contribution in [3.63, 3.8) is 0 Å². The molecule has 2 heterocycles. The third kappa shape index (κ3) is 4.69. The van der Waals surface area contributed by atoms with E-state index in [4.69, 9.17) is 0 Å². The molecule has 0 spiro atoms. The Morgan fingerprint density at radius 3 is 2.62 bits per heavy atom. The number of phenolic OH excluding ortho intramolecular Hbond substituents is 1. The Kier molecular flexibility index (Phi) is 6.46. The molecule has 0 aliphatic carbocycles. The second-order valence-corrected chi connectivity index (χ2v) is 10.6. The van der Waals surface area contributed by atoms with E-state index in [1.54, 1.807) is 24.3 Å². The molecule has 1 atom stereocenters. The van der Waals surface area contributed by atoms with Gasteiger partial charge in [0.25, 0.3) is 5.91 Å². The highest BCUT2D eigenvalue weighted by Crippen LogP contribution is 2.43. The largest absolute Gasteiger partial charge is 0.505 e. The number of hydrogen-bond acceptors (Lipinski definition) is 6. The van der Waals surface area contributed by atoms with Crippen molar-refractivity contribution in [2.24, 2.45) is 0 Å². The van der Waals surface area contributed by atoms with Crippen molar-refractivity contribution in [2.45, 2.75) is 32.5 Å². The first kappa shape index (κ1) is 23.9. The maximum atomic E-state index is 13.3. The number of aromatic hydroxyl groups is 1. The molecule has 0 saturated carbocycles. The summed E-state index contributed by atoms with van der Waals surface area (Å²) in [4.78, 5) is 20.8. The molecule has 0 saturated heterocycles. The molecule has 1 amide bonds. The summed E-state index contributed by atoms with van der Waals surface area (Å²) in [7, 11) is 0.0287. The zero-order valence-corrected chi connectivity index (χ0v) is 20.1. The number of anilines is 1. The molecule has 2 N–H and O–H groups in total. The predicted molar refractivity (Wildman–Crippen MR) is 129 cm³/mol. The van der Waals surface area contributed by atoms with Crippen molar-refractivity contribution in [1.29, 1.82) is 0 Å². The van der Waals surface area contributed by atoms with E-state index in [0.717, 1.165) is 0 Å². The minimum Gasteiger partial charge on any atom is -0.505 e. The number of fused-ring (bicyclic) bond motifs is 2. The first-order valence-corrected chi connectivity index (χ1v) is 12.6. The van der Waals surface area contributed by atoms with Gasteiger partial charge in [-0.05, 0) is 57.3 Å². The van der Waals surface area contributed by atoms with Gasteiger partial charge in [0.2, 0.25) is 10.0 Å². The Hall–Kier alpha value is -3.24. The third-order valence-electron chi connectivity index (χ3n) is 6.22. The van der Waals surface area contributed by atoms with E-state index < -0.39 is 15.9 Å². The van der Waals surface area contributed by atoms with Crippen LogP contribution in [0.1, 0.15) is 34.8 Å². The van der Waals surface area contributed by atoms with Crippen LogP contribution in [0.5, 0.6) is 5.75 Å². The summed E-state index contributed by atoms with van der Waals surface area (Å²) >= 11 is 0. The molecule has 1 aliphatic rings. The monoisotopic (exact) mass is 486 g/mol. The number of halogens is 1. The standard InChI is InChI=1S/C24H27FN4O4S/c1-15(28(2)3)10-12-34(32,33)27-21-18-5-4-11-26-22(18)23(30)20-19(21)14-29(24(20)31)13-16-6-8-17(25)9-7-16/h4-9,11,15,27,30H,10,12-14H2,1-3H3. The molecule has 3 aromatic rings. The Bertz CT molecular complexity index is 1340. The van der Waals surface area contributed by atoms with Crippen LogP contribution in [0.15, 0.2) is 42.6 Å².